The molecule has 0 saturated carbocycles. The van der Waals surface area contributed by atoms with Crippen LogP contribution in [0.2, 0.25) is 5.02 Å². The van der Waals surface area contributed by atoms with E-state index in [1.165, 1.54) is 19.2 Å². The van der Waals surface area contributed by atoms with Gasteiger partial charge >= 0.3 is 5.97 Å². The van der Waals surface area contributed by atoms with Crippen molar-refractivity contribution in [1.29, 1.82) is 0 Å². The van der Waals surface area contributed by atoms with Crippen molar-refractivity contribution >= 4 is 35.1 Å². The molecule has 0 aliphatic rings. The van der Waals surface area contributed by atoms with Gasteiger partial charge in [-0.1, -0.05) is 25.4 Å². The van der Waals surface area contributed by atoms with Crippen molar-refractivity contribution in [3.8, 4) is 0 Å². The van der Waals surface area contributed by atoms with Crippen molar-refractivity contribution in [3.05, 3.63) is 28.8 Å². The van der Waals surface area contributed by atoms with Gasteiger partial charge in [-0.2, -0.15) is 0 Å². The first-order chi connectivity index (χ1) is 10.8. The highest BCUT2D eigenvalue weighted by molar-refractivity contribution is 6.34. The number of anilines is 1. The third-order valence-electron chi connectivity index (χ3n) is 3.01. The Balaban J connectivity index is 2.83. The molecule has 8 heteroatoms. The van der Waals surface area contributed by atoms with Gasteiger partial charge in [-0.25, -0.2) is 4.79 Å². The molecule has 126 valence electrons. The van der Waals surface area contributed by atoms with Crippen LogP contribution in [0.15, 0.2) is 18.2 Å². The number of ether oxygens (including phenoxy) is 1. The first-order valence-electron chi connectivity index (χ1n) is 6.90. The van der Waals surface area contributed by atoms with E-state index in [1.807, 2.05) is 0 Å². The van der Waals surface area contributed by atoms with E-state index in [-0.39, 0.29) is 29.0 Å². The molecule has 2 amide bonds. The summed E-state index contributed by atoms with van der Waals surface area (Å²) in [4.78, 5) is 34.6. The molecule has 23 heavy (non-hydrogen) atoms. The van der Waals surface area contributed by atoms with Crippen LogP contribution in [-0.2, 0) is 14.3 Å². The summed E-state index contributed by atoms with van der Waals surface area (Å²) >= 11 is 5.98. The molecular weight excluding hydrogens is 324 g/mol. The lowest BCUT2D eigenvalue weighted by Crippen LogP contribution is -2.38. The van der Waals surface area contributed by atoms with Crippen LogP contribution < -0.4 is 10.6 Å². The van der Waals surface area contributed by atoms with Crippen molar-refractivity contribution in [3.63, 3.8) is 0 Å². The molecule has 0 radical (unpaired) electrons. The SMILES string of the molecule is COC(CNC(=O)c1cc(NC(=O)C(C)C)ccc1Cl)C(=O)O. The molecule has 7 nitrogen and oxygen atoms in total. The average Bonchev–Trinajstić information content (AvgIpc) is 2.49. The van der Waals surface area contributed by atoms with Gasteiger partial charge in [-0.15, -0.1) is 0 Å². The van der Waals surface area contributed by atoms with E-state index in [9.17, 15) is 14.4 Å². The summed E-state index contributed by atoms with van der Waals surface area (Å²) in [7, 11) is 1.24. The molecule has 0 aliphatic heterocycles. The van der Waals surface area contributed by atoms with E-state index in [0.29, 0.717) is 5.69 Å². The van der Waals surface area contributed by atoms with Crippen LogP contribution in [0.4, 0.5) is 5.69 Å². The number of rotatable bonds is 7. The van der Waals surface area contributed by atoms with E-state index in [0.717, 1.165) is 0 Å². The van der Waals surface area contributed by atoms with E-state index in [4.69, 9.17) is 21.4 Å². The van der Waals surface area contributed by atoms with Crippen molar-refractivity contribution in [2.24, 2.45) is 5.92 Å². The molecule has 1 atom stereocenters. The highest BCUT2D eigenvalue weighted by Gasteiger charge is 2.19. The lowest BCUT2D eigenvalue weighted by Gasteiger charge is -2.13. The number of hydrogen-bond donors (Lipinski definition) is 3. The number of methoxy groups -OCH3 is 1. The maximum atomic E-state index is 12.1. The van der Waals surface area contributed by atoms with Crippen LogP contribution in [0.25, 0.3) is 0 Å². The zero-order valence-corrected chi connectivity index (χ0v) is 13.8. The number of benzene rings is 1. The minimum absolute atomic E-state index is 0.133. The third kappa shape index (κ3) is 5.54. The lowest BCUT2D eigenvalue weighted by molar-refractivity contribution is -0.148. The van der Waals surface area contributed by atoms with Gasteiger partial charge in [0.15, 0.2) is 6.10 Å². The first kappa shape index (κ1) is 18.9. The Morgan fingerprint density at radius 3 is 2.48 bits per heavy atom. The van der Waals surface area contributed by atoms with Crippen LogP contribution in [0, 0.1) is 5.92 Å². The number of aliphatic carboxylic acids is 1. The standard InChI is InChI=1S/C15H19ClN2O5/c1-8(2)13(19)18-9-4-5-11(16)10(6-9)14(20)17-7-12(23-3)15(21)22/h4-6,8,12H,7H2,1-3H3,(H,17,20)(H,18,19)(H,21,22). The molecule has 0 saturated heterocycles. The van der Waals surface area contributed by atoms with Gasteiger partial charge in [0.05, 0.1) is 17.1 Å². The monoisotopic (exact) mass is 342 g/mol. The first-order valence-corrected chi connectivity index (χ1v) is 7.28. The molecule has 0 bridgehead atoms. The molecular formula is C15H19ClN2O5. The minimum atomic E-state index is -1.18. The van der Waals surface area contributed by atoms with Gasteiger partial charge in [-0.3, -0.25) is 9.59 Å². The fourth-order valence-electron chi connectivity index (χ4n) is 1.62. The van der Waals surface area contributed by atoms with Crippen LogP contribution >= 0.6 is 11.6 Å². The van der Waals surface area contributed by atoms with Crippen molar-refractivity contribution < 1.29 is 24.2 Å². The highest BCUT2D eigenvalue weighted by atomic mass is 35.5. The van der Waals surface area contributed by atoms with Crippen molar-refractivity contribution in [2.45, 2.75) is 20.0 Å². The van der Waals surface area contributed by atoms with Crippen molar-refractivity contribution in [1.82, 2.24) is 5.32 Å². The van der Waals surface area contributed by atoms with E-state index >= 15 is 0 Å². The number of amides is 2. The maximum Gasteiger partial charge on any atom is 0.334 e. The molecule has 0 spiro atoms. The molecule has 3 N–H and O–H groups in total. The summed E-state index contributed by atoms with van der Waals surface area (Å²) in [5, 5.41) is 14.1. The summed E-state index contributed by atoms with van der Waals surface area (Å²) in [6.07, 6.45) is -1.15. The Morgan fingerprint density at radius 1 is 1.30 bits per heavy atom. The number of halogens is 1. The van der Waals surface area contributed by atoms with Gasteiger partial charge in [0.25, 0.3) is 5.91 Å². The summed E-state index contributed by atoms with van der Waals surface area (Å²) in [5.41, 5.74) is 0.563. The molecule has 0 aromatic heterocycles. The number of carboxylic acids is 1. The molecule has 1 unspecified atom stereocenters. The second-order valence-corrected chi connectivity index (χ2v) is 5.52. The normalized spacial score (nSPS) is 11.9. The number of carboxylic acid groups (broad SMARTS) is 1. The molecule has 1 aromatic carbocycles. The average molecular weight is 343 g/mol. The Morgan fingerprint density at radius 2 is 1.96 bits per heavy atom. The molecule has 0 fully saturated rings. The van der Waals surface area contributed by atoms with Gasteiger partial charge < -0.3 is 20.5 Å². The predicted molar refractivity (Wildman–Crippen MR) is 85.7 cm³/mol. The largest absolute Gasteiger partial charge is 0.479 e. The third-order valence-corrected chi connectivity index (χ3v) is 3.34. The fraction of sp³-hybridized carbons (Fsp3) is 0.400. The van der Waals surface area contributed by atoms with Gasteiger partial charge in [0, 0.05) is 18.7 Å². The van der Waals surface area contributed by atoms with Gasteiger partial charge in [0.2, 0.25) is 5.91 Å². The fourth-order valence-corrected chi connectivity index (χ4v) is 1.82. The number of carbonyl (C=O) groups is 3. The second-order valence-electron chi connectivity index (χ2n) is 5.11. The molecule has 0 aliphatic carbocycles. The molecule has 0 heterocycles. The second kappa shape index (κ2) is 8.50. The number of nitrogens with one attached hydrogen (secondary N) is 2. The van der Waals surface area contributed by atoms with Crippen LogP contribution in [0.5, 0.6) is 0 Å². The zero-order valence-electron chi connectivity index (χ0n) is 13.1. The summed E-state index contributed by atoms with van der Waals surface area (Å²) in [5.74, 6) is -2.14. The Hall–Kier alpha value is -2.12. The topological polar surface area (TPSA) is 105 Å². The Labute approximate surface area is 139 Å². The lowest BCUT2D eigenvalue weighted by atomic mass is 10.1. The van der Waals surface area contributed by atoms with E-state index < -0.39 is 18.0 Å². The molecule has 1 rings (SSSR count). The predicted octanol–water partition coefficient (Wildman–Crippen LogP) is 1.76. The summed E-state index contributed by atoms with van der Waals surface area (Å²) < 4.78 is 4.73. The quantitative estimate of drug-likeness (QED) is 0.700. The Bertz CT molecular complexity index is 604. The van der Waals surface area contributed by atoms with Crippen LogP contribution in [0.3, 0.4) is 0 Å². The van der Waals surface area contributed by atoms with Gasteiger partial charge in [0.1, 0.15) is 0 Å². The smallest absolute Gasteiger partial charge is 0.334 e. The summed E-state index contributed by atoms with van der Waals surface area (Å²) in [6.45, 7) is 3.29. The summed E-state index contributed by atoms with van der Waals surface area (Å²) in [6, 6.07) is 4.49. The molecule has 1 aromatic rings. The zero-order chi connectivity index (χ0) is 17.6. The van der Waals surface area contributed by atoms with Crippen molar-refractivity contribution in [2.75, 3.05) is 19.0 Å². The maximum absolute atomic E-state index is 12.1. The van der Waals surface area contributed by atoms with E-state index in [1.54, 1.807) is 19.9 Å². The minimum Gasteiger partial charge on any atom is -0.479 e. The van der Waals surface area contributed by atoms with Crippen LogP contribution in [-0.4, -0.2) is 42.6 Å². The number of hydrogen-bond acceptors (Lipinski definition) is 4. The van der Waals surface area contributed by atoms with E-state index in [2.05, 4.69) is 10.6 Å². The Kier molecular flexibility index (Phi) is 6.99. The highest BCUT2D eigenvalue weighted by Crippen LogP contribution is 2.21. The van der Waals surface area contributed by atoms with Gasteiger partial charge in [-0.05, 0) is 18.2 Å². The number of carbonyl (C=O) groups excluding carboxylic acids is 2. The van der Waals surface area contributed by atoms with Crippen LogP contribution in [0.1, 0.15) is 24.2 Å².